The molecule has 7 nitrogen and oxygen atoms in total. The lowest BCUT2D eigenvalue weighted by Crippen LogP contribution is -2.10. The third-order valence-electron chi connectivity index (χ3n) is 3.30. The monoisotopic (exact) mass is 339 g/mol. The zero-order chi connectivity index (χ0) is 16.5. The molecule has 0 radical (unpaired) electrons. The summed E-state index contributed by atoms with van der Waals surface area (Å²) >= 11 is 1.20. The second kappa shape index (κ2) is 5.74. The van der Waals surface area contributed by atoms with Crippen LogP contribution in [0.5, 0.6) is 0 Å². The van der Waals surface area contributed by atoms with Crippen molar-refractivity contribution in [1.29, 1.82) is 0 Å². The molecule has 3 heterocycles. The van der Waals surface area contributed by atoms with Crippen LogP contribution in [0.15, 0.2) is 61.7 Å². The molecule has 0 unspecified atom stereocenters. The number of para-hydroxylation sites is 1. The van der Waals surface area contributed by atoms with E-state index in [4.69, 9.17) is 8.94 Å². The van der Waals surface area contributed by atoms with Crippen LogP contribution >= 0.6 is 11.3 Å². The summed E-state index contributed by atoms with van der Waals surface area (Å²) in [6, 6.07) is 10.4. The molecule has 0 aliphatic carbocycles. The summed E-state index contributed by atoms with van der Waals surface area (Å²) in [6.45, 7) is 0. The van der Waals surface area contributed by atoms with Crippen molar-refractivity contribution in [2.75, 3.05) is 5.32 Å². The number of thiazole rings is 1. The molecule has 1 amide bonds. The fourth-order valence-electron chi connectivity index (χ4n) is 2.19. The summed E-state index contributed by atoms with van der Waals surface area (Å²) in [6.07, 6.45) is 1.38. The molecule has 24 heavy (non-hydrogen) atoms. The first kappa shape index (κ1) is 14.3. The Labute approximate surface area is 138 Å². The van der Waals surface area contributed by atoms with Crippen molar-refractivity contribution < 1.29 is 13.7 Å². The number of amides is 1. The fraction of sp³-hybridized carbons (Fsp3) is 0. The highest BCUT2D eigenvalue weighted by molar-refractivity contribution is 7.14. The number of hydrogen-bond donors (Lipinski definition) is 1. The third kappa shape index (κ3) is 2.59. The van der Waals surface area contributed by atoms with Crippen LogP contribution in [0.2, 0.25) is 0 Å². The van der Waals surface area contributed by atoms with Gasteiger partial charge in [-0.3, -0.25) is 10.1 Å². The van der Waals surface area contributed by atoms with Crippen molar-refractivity contribution in [3.63, 3.8) is 0 Å². The quantitative estimate of drug-likeness (QED) is 0.576. The molecular formula is C16H9N3O4S. The molecule has 1 aromatic carbocycles. The molecule has 0 spiro atoms. The Bertz CT molecular complexity index is 1080. The van der Waals surface area contributed by atoms with E-state index in [0.717, 1.165) is 5.39 Å². The molecule has 4 aromatic rings. The molecule has 0 aliphatic heterocycles. The summed E-state index contributed by atoms with van der Waals surface area (Å²) in [4.78, 5) is 28.3. The molecular weight excluding hydrogens is 330 g/mol. The van der Waals surface area contributed by atoms with Crippen LogP contribution in [0.4, 0.5) is 5.13 Å². The molecule has 0 saturated carbocycles. The normalized spacial score (nSPS) is 10.8. The first-order chi connectivity index (χ1) is 11.7. The number of rotatable bonds is 3. The van der Waals surface area contributed by atoms with Crippen LogP contribution in [0.1, 0.15) is 10.6 Å². The SMILES string of the molecule is O=C(Nc1nc(-c2cc3ccccc3oc2=O)cs1)c1ccno1. The Morgan fingerprint density at radius 1 is 1.21 bits per heavy atom. The van der Waals surface area contributed by atoms with E-state index in [-0.39, 0.29) is 5.76 Å². The molecule has 0 aliphatic rings. The van der Waals surface area contributed by atoms with Crippen LogP contribution in [0.3, 0.4) is 0 Å². The second-order valence-corrected chi connectivity index (χ2v) is 5.71. The molecule has 0 bridgehead atoms. The van der Waals surface area contributed by atoms with Crippen molar-refractivity contribution in [2.24, 2.45) is 0 Å². The average molecular weight is 339 g/mol. The van der Waals surface area contributed by atoms with Crippen molar-refractivity contribution in [3.05, 3.63) is 64.2 Å². The van der Waals surface area contributed by atoms with Gasteiger partial charge in [0.25, 0.3) is 5.91 Å². The van der Waals surface area contributed by atoms with Crippen LogP contribution in [0.25, 0.3) is 22.2 Å². The lowest BCUT2D eigenvalue weighted by Gasteiger charge is -1.99. The average Bonchev–Trinajstić information content (AvgIpc) is 3.26. The highest BCUT2D eigenvalue weighted by Gasteiger charge is 2.15. The van der Waals surface area contributed by atoms with Gasteiger partial charge in [-0.1, -0.05) is 23.4 Å². The first-order valence-corrected chi connectivity index (χ1v) is 7.79. The number of aromatic nitrogens is 2. The van der Waals surface area contributed by atoms with Gasteiger partial charge in [0.1, 0.15) is 5.58 Å². The number of hydrogen-bond acceptors (Lipinski definition) is 7. The van der Waals surface area contributed by atoms with Gasteiger partial charge < -0.3 is 8.94 Å². The second-order valence-electron chi connectivity index (χ2n) is 4.85. The van der Waals surface area contributed by atoms with Gasteiger partial charge in [-0.2, -0.15) is 0 Å². The van der Waals surface area contributed by atoms with E-state index in [0.29, 0.717) is 22.0 Å². The number of nitrogens with zero attached hydrogens (tertiary/aromatic N) is 2. The van der Waals surface area contributed by atoms with E-state index in [1.165, 1.54) is 23.6 Å². The third-order valence-corrected chi connectivity index (χ3v) is 4.06. The minimum atomic E-state index is -0.480. The topological polar surface area (TPSA) is 98.2 Å². The maximum Gasteiger partial charge on any atom is 0.345 e. The van der Waals surface area contributed by atoms with Gasteiger partial charge in [-0.25, -0.2) is 9.78 Å². The lowest BCUT2D eigenvalue weighted by atomic mass is 10.1. The summed E-state index contributed by atoms with van der Waals surface area (Å²) < 4.78 is 10.1. The van der Waals surface area contributed by atoms with Gasteiger partial charge in [-0.15, -0.1) is 11.3 Å². The predicted octanol–water partition coefficient (Wildman–Crippen LogP) is 3.16. The summed E-state index contributed by atoms with van der Waals surface area (Å²) in [5.41, 5.74) is 0.810. The summed E-state index contributed by atoms with van der Waals surface area (Å²) in [5, 5.41) is 8.89. The van der Waals surface area contributed by atoms with E-state index < -0.39 is 11.5 Å². The van der Waals surface area contributed by atoms with Crippen LogP contribution in [-0.4, -0.2) is 16.0 Å². The van der Waals surface area contributed by atoms with E-state index >= 15 is 0 Å². The predicted molar refractivity (Wildman–Crippen MR) is 88.0 cm³/mol. The first-order valence-electron chi connectivity index (χ1n) is 6.91. The molecule has 118 valence electrons. The molecule has 0 fully saturated rings. The van der Waals surface area contributed by atoms with E-state index in [1.807, 2.05) is 12.1 Å². The van der Waals surface area contributed by atoms with Crippen molar-refractivity contribution in [1.82, 2.24) is 10.1 Å². The largest absolute Gasteiger partial charge is 0.422 e. The van der Waals surface area contributed by atoms with Crippen molar-refractivity contribution >= 4 is 33.3 Å². The van der Waals surface area contributed by atoms with Gasteiger partial charge in [0.05, 0.1) is 17.5 Å². The van der Waals surface area contributed by atoms with E-state index in [9.17, 15) is 9.59 Å². The van der Waals surface area contributed by atoms with Crippen LogP contribution in [-0.2, 0) is 0 Å². The molecule has 0 saturated heterocycles. The summed E-state index contributed by atoms with van der Waals surface area (Å²) in [5.74, 6) is -0.379. The highest BCUT2D eigenvalue weighted by Crippen LogP contribution is 2.25. The van der Waals surface area contributed by atoms with Gasteiger partial charge in [-0.05, 0) is 12.1 Å². The number of fused-ring (bicyclic) bond motifs is 1. The number of nitrogens with one attached hydrogen (secondary N) is 1. The standard InChI is InChI=1S/C16H9N3O4S/c20-14(13-5-6-17-23-13)19-16-18-11(8-24-16)10-7-9-3-1-2-4-12(9)22-15(10)21/h1-8H,(H,18,19,20). The summed E-state index contributed by atoms with van der Waals surface area (Å²) in [7, 11) is 0. The Morgan fingerprint density at radius 2 is 2.08 bits per heavy atom. The van der Waals surface area contributed by atoms with Gasteiger partial charge >= 0.3 is 5.63 Å². The number of carbonyl (C=O) groups excluding carboxylic acids is 1. The Morgan fingerprint density at radius 3 is 2.92 bits per heavy atom. The molecule has 0 atom stereocenters. The number of benzene rings is 1. The minimum absolute atomic E-state index is 0.0805. The molecule has 4 rings (SSSR count). The maximum atomic E-state index is 12.1. The maximum absolute atomic E-state index is 12.1. The van der Waals surface area contributed by atoms with E-state index in [1.54, 1.807) is 23.6 Å². The van der Waals surface area contributed by atoms with Crippen LogP contribution in [0, 0.1) is 0 Å². The molecule has 1 N–H and O–H groups in total. The Kier molecular flexibility index (Phi) is 3.43. The van der Waals surface area contributed by atoms with Crippen molar-refractivity contribution in [2.45, 2.75) is 0 Å². The van der Waals surface area contributed by atoms with Gasteiger partial charge in [0, 0.05) is 16.8 Å². The lowest BCUT2D eigenvalue weighted by molar-refractivity contribution is 0.0988. The van der Waals surface area contributed by atoms with Crippen LogP contribution < -0.4 is 10.9 Å². The van der Waals surface area contributed by atoms with E-state index in [2.05, 4.69) is 15.5 Å². The fourth-order valence-corrected chi connectivity index (χ4v) is 2.89. The number of anilines is 1. The zero-order valence-corrected chi connectivity index (χ0v) is 12.9. The minimum Gasteiger partial charge on any atom is -0.422 e. The smallest absolute Gasteiger partial charge is 0.345 e. The van der Waals surface area contributed by atoms with Gasteiger partial charge in [0.15, 0.2) is 5.13 Å². The Balaban J connectivity index is 1.66. The molecule has 8 heteroatoms. The van der Waals surface area contributed by atoms with Crippen molar-refractivity contribution in [3.8, 4) is 11.3 Å². The van der Waals surface area contributed by atoms with Gasteiger partial charge in [0.2, 0.25) is 5.76 Å². The number of carbonyl (C=O) groups is 1. The zero-order valence-electron chi connectivity index (χ0n) is 12.1. The molecule has 3 aromatic heterocycles. The Hall–Kier alpha value is -3.26. The highest BCUT2D eigenvalue weighted by atomic mass is 32.1.